The number of benzene rings is 2. The fourth-order valence-corrected chi connectivity index (χ4v) is 5.55. The van der Waals surface area contributed by atoms with E-state index < -0.39 is 0 Å². The van der Waals surface area contributed by atoms with Crippen molar-refractivity contribution in [2.75, 3.05) is 11.9 Å². The van der Waals surface area contributed by atoms with Gasteiger partial charge in [-0.05, 0) is 54.7 Å². The Kier molecular flexibility index (Phi) is 7.03. The molecule has 4 rings (SSSR count). The van der Waals surface area contributed by atoms with Gasteiger partial charge in [0, 0.05) is 11.7 Å². The second-order valence-corrected chi connectivity index (χ2v) is 9.32. The fraction of sp³-hybridized carbons (Fsp3) is 0.346. The number of anilines is 1. The maximum absolute atomic E-state index is 13.5. The Morgan fingerprint density at radius 2 is 1.87 bits per heavy atom. The summed E-state index contributed by atoms with van der Waals surface area (Å²) in [5.74, 6) is 1.44. The third-order valence-electron chi connectivity index (χ3n) is 5.97. The smallest absolute Gasteiger partial charge is 0.262 e. The van der Waals surface area contributed by atoms with E-state index in [4.69, 9.17) is 4.74 Å². The number of thioether (sulfide) groups is 1. The summed E-state index contributed by atoms with van der Waals surface area (Å²) in [4.78, 5) is 16.4. The minimum Gasteiger partial charge on any atom is -0.490 e. The first-order valence-corrected chi connectivity index (χ1v) is 11.9. The average Bonchev–Trinajstić information content (AvgIpc) is 3.09. The molecule has 1 unspecified atom stereocenters. The monoisotopic (exact) mass is 434 g/mol. The van der Waals surface area contributed by atoms with Crippen molar-refractivity contribution < 1.29 is 9.53 Å². The van der Waals surface area contributed by atoms with Crippen LogP contribution in [0.2, 0.25) is 0 Å². The van der Waals surface area contributed by atoms with Crippen molar-refractivity contribution in [3.8, 4) is 5.75 Å². The van der Waals surface area contributed by atoms with Crippen LogP contribution in [0.5, 0.6) is 5.75 Å². The lowest BCUT2D eigenvalue weighted by Crippen LogP contribution is -2.48. The summed E-state index contributed by atoms with van der Waals surface area (Å²) >= 11 is 1.61. The van der Waals surface area contributed by atoms with Crippen molar-refractivity contribution in [2.45, 2.75) is 44.1 Å². The highest BCUT2D eigenvalue weighted by Crippen LogP contribution is 2.42. The first kappa shape index (κ1) is 21.6. The van der Waals surface area contributed by atoms with E-state index in [1.54, 1.807) is 17.8 Å². The van der Waals surface area contributed by atoms with Crippen LogP contribution < -0.4 is 10.1 Å². The Balaban J connectivity index is 1.58. The van der Waals surface area contributed by atoms with Crippen molar-refractivity contribution in [3.63, 3.8) is 0 Å². The molecule has 0 spiro atoms. The number of para-hydroxylation sites is 1. The molecule has 5 heteroatoms. The van der Waals surface area contributed by atoms with Crippen LogP contribution in [0, 0.1) is 5.92 Å². The van der Waals surface area contributed by atoms with E-state index in [2.05, 4.69) is 35.9 Å². The molecule has 3 atom stereocenters. The lowest BCUT2D eigenvalue weighted by Gasteiger charge is -2.39. The number of hydrogen-bond acceptors (Lipinski definition) is 4. The van der Waals surface area contributed by atoms with E-state index in [0.29, 0.717) is 12.5 Å². The average molecular weight is 435 g/mol. The molecule has 2 aliphatic rings. The molecule has 2 aromatic rings. The molecule has 162 valence electrons. The van der Waals surface area contributed by atoms with Crippen LogP contribution in [0.4, 0.5) is 5.69 Å². The number of hydrogen-bond donors (Lipinski definition) is 1. The van der Waals surface area contributed by atoms with E-state index >= 15 is 0 Å². The van der Waals surface area contributed by atoms with Crippen LogP contribution in [0.1, 0.15) is 38.2 Å². The quantitative estimate of drug-likeness (QED) is 0.420. The maximum atomic E-state index is 13.5. The number of ether oxygens (including phenoxy) is 1. The lowest BCUT2D eigenvalue weighted by molar-refractivity contribution is -0.129. The van der Waals surface area contributed by atoms with Gasteiger partial charge >= 0.3 is 0 Å². The topological polar surface area (TPSA) is 41.6 Å². The van der Waals surface area contributed by atoms with E-state index in [0.717, 1.165) is 28.3 Å². The molecule has 31 heavy (non-hydrogen) atoms. The van der Waals surface area contributed by atoms with E-state index in [1.165, 1.54) is 19.3 Å². The van der Waals surface area contributed by atoms with Gasteiger partial charge in [-0.3, -0.25) is 4.79 Å². The predicted octanol–water partition coefficient (Wildman–Crippen LogP) is 6.14. The second-order valence-electron chi connectivity index (χ2n) is 8.20. The number of amides is 1. The standard InChI is InChI=1S/C26H30N2O2S/c1-3-17-30-22-15-13-20(14-16-22)18-24-25(29)28(23-12-8-7-9-19(23)2)26(31-24)27-21-10-5-4-6-11-21/h3-6,10-11,13-16,18-19,23,26-27H,1,7-9,12,17H2,2H3/b24-18-/t19-,23-,26?/m1/s1. The Hall–Kier alpha value is -2.66. The molecule has 0 aromatic heterocycles. The third kappa shape index (κ3) is 5.16. The highest BCUT2D eigenvalue weighted by molar-refractivity contribution is 8.05. The molecule has 2 fully saturated rings. The molecule has 1 aliphatic heterocycles. The summed E-state index contributed by atoms with van der Waals surface area (Å²) in [6, 6.07) is 18.3. The van der Waals surface area contributed by atoms with Gasteiger partial charge < -0.3 is 15.0 Å². The van der Waals surface area contributed by atoms with Crippen molar-refractivity contribution in [1.82, 2.24) is 4.90 Å². The Labute approximate surface area is 189 Å². The molecule has 1 saturated heterocycles. The third-order valence-corrected chi connectivity index (χ3v) is 7.08. The second kappa shape index (κ2) is 10.1. The first-order chi connectivity index (χ1) is 15.2. The minimum absolute atomic E-state index is 0.0955. The summed E-state index contributed by atoms with van der Waals surface area (Å²) < 4.78 is 5.56. The normalized spacial score (nSPS) is 24.9. The van der Waals surface area contributed by atoms with Crippen LogP contribution in [0.25, 0.3) is 6.08 Å². The van der Waals surface area contributed by atoms with Crippen molar-refractivity contribution >= 4 is 29.4 Å². The molecule has 1 N–H and O–H groups in total. The Morgan fingerprint density at radius 1 is 1.13 bits per heavy atom. The van der Waals surface area contributed by atoms with E-state index in [1.807, 2.05) is 48.5 Å². The van der Waals surface area contributed by atoms with E-state index in [-0.39, 0.29) is 17.4 Å². The zero-order valence-corrected chi connectivity index (χ0v) is 18.8. The van der Waals surface area contributed by atoms with Crippen LogP contribution >= 0.6 is 11.8 Å². The summed E-state index contributed by atoms with van der Waals surface area (Å²) in [6.07, 6.45) is 8.42. The molecular weight excluding hydrogens is 404 g/mol. The molecule has 0 radical (unpaired) electrons. The first-order valence-electron chi connectivity index (χ1n) is 11.0. The molecule has 0 bridgehead atoms. The van der Waals surface area contributed by atoms with Crippen LogP contribution in [0.15, 0.2) is 72.2 Å². The summed E-state index contributed by atoms with van der Waals surface area (Å²) in [6.45, 7) is 6.44. The number of nitrogens with zero attached hydrogens (tertiary/aromatic N) is 1. The van der Waals surface area contributed by atoms with Gasteiger partial charge in [-0.25, -0.2) is 0 Å². The van der Waals surface area contributed by atoms with Crippen molar-refractivity contribution in [2.24, 2.45) is 5.92 Å². The van der Waals surface area contributed by atoms with E-state index in [9.17, 15) is 4.79 Å². The molecule has 1 saturated carbocycles. The maximum Gasteiger partial charge on any atom is 0.262 e. The van der Waals surface area contributed by atoms with Gasteiger partial charge in [0.2, 0.25) is 0 Å². The largest absolute Gasteiger partial charge is 0.490 e. The van der Waals surface area contributed by atoms with Gasteiger partial charge in [-0.1, -0.05) is 74.5 Å². The zero-order valence-electron chi connectivity index (χ0n) is 18.0. The zero-order chi connectivity index (χ0) is 21.6. The van der Waals surface area contributed by atoms with Gasteiger partial charge in [0.25, 0.3) is 5.91 Å². The summed E-state index contributed by atoms with van der Waals surface area (Å²) in [5.41, 5.74) is 1.94. The number of carbonyl (C=O) groups excluding carboxylic acids is 1. The molecule has 1 heterocycles. The van der Waals surface area contributed by atoms with Gasteiger partial charge in [0.05, 0.1) is 4.91 Å². The van der Waals surface area contributed by atoms with Gasteiger partial charge in [0.15, 0.2) is 5.50 Å². The van der Waals surface area contributed by atoms with Crippen molar-refractivity contribution in [3.05, 3.63) is 77.7 Å². The number of carbonyl (C=O) groups is 1. The van der Waals surface area contributed by atoms with Gasteiger partial charge in [0.1, 0.15) is 12.4 Å². The van der Waals surface area contributed by atoms with Gasteiger partial charge in [-0.2, -0.15) is 0 Å². The molecular formula is C26H30N2O2S. The van der Waals surface area contributed by atoms with Crippen molar-refractivity contribution in [1.29, 1.82) is 0 Å². The molecule has 4 nitrogen and oxygen atoms in total. The Morgan fingerprint density at radius 3 is 2.58 bits per heavy atom. The number of nitrogens with one attached hydrogen (secondary N) is 1. The Bertz CT molecular complexity index is 926. The molecule has 1 aliphatic carbocycles. The lowest BCUT2D eigenvalue weighted by atomic mass is 9.85. The molecule has 2 aromatic carbocycles. The van der Waals surface area contributed by atoms with Crippen LogP contribution in [-0.4, -0.2) is 29.0 Å². The molecule has 1 amide bonds. The fourth-order valence-electron chi connectivity index (χ4n) is 4.33. The van der Waals surface area contributed by atoms with Gasteiger partial charge in [-0.15, -0.1) is 0 Å². The van der Waals surface area contributed by atoms with Crippen LogP contribution in [0.3, 0.4) is 0 Å². The summed E-state index contributed by atoms with van der Waals surface area (Å²) in [7, 11) is 0. The summed E-state index contributed by atoms with van der Waals surface area (Å²) in [5, 5.41) is 3.59. The minimum atomic E-state index is -0.0955. The number of rotatable bonds is 7. The highest BCUT2D eigenvalue weighted by atomic mass is 32.2. The SMILES string of the molecule is C=CCOc1ccc(/C=C2\SC(Nc3ccccc3)N([C@@H]3CCCC[C@H]3C)C2=O)cc1. The predicted molar refractivity (Wildman–Crippen MR) is 130 cm³/mol. The highest BCUT2D eigenvalue weighted by Gasteiger charge is 2.42. The van der Waals surface area contributed by atoms with Crippen LogP contribution in [-0.2, 0) is 4.79 Å².